The van der Waals surface area contributed by atoms with Crippen molar-refractivity contribution in [3.05, 3.63) is 102 Å². The summed E-state index contributed by atoms with van der Waals surface area (Å²) >= 11 is 0. The topological polar surface area (TPSA) is 12.9 Å². The largest absolute Gasteiger partial charge is 0.205 e. The van der Waals surface area contributed by atoms with E-state index in [1.807, 2.05) is 18.3 Å². The molecule has 0 aliphatic heterocycles. The summed E-state index contributed by atoms with van der Waals surface area (Å²) in [6, 6.07) is 19.3. The molecular formula is C25H22N+. The van der Waals surface area contributed by atoms with Crippen LogP contribution in [0.25, 0.3) is 21.9 Å². The molecule has 1 aliphatic rings. The third-order valence-corrected chi connectivity index (χ3v) is 4.81. The molecule has 1 nitrogen and oxygen atoms in total. The first-order valence-corrected chi connectivity index (χ1v) is 8.99. The Kier molecular flexibility index (Phi) is 4.03. The highest BCUT2D eigenvalue weighted by Gasteiger charge is 2.19. The minimum absolute atomic E-state index is 0.168. The van der Waals surface area contributed by atoms with Gasteiger partial charge in [-0.3, -0.25) is 0 Å². The van der Waals surface area contributed by atoms with Crippen molar-refractivity contribution in [2.45, 2.75) is 26.2 Å². The van der Waals surface area contributed by atoms with Crippen LogP contribution in [-0.2, 0) is 5.41 Å². The smallest absolute Gasteiger partial charge is 0.175 e. The van der Waals surface area contributed by atoms with Gasteiger partial charge in [0.15, 0.2) is 11.3 Å². The number of benzene rings is 2. The van der Waals surface area contributed by atoms with E-state index in [4.69, 9.17) is 0 Å². The van der Waals surface area contributed by atoms with Gasteiger partial charge < -0.3 is 0 Å². The molecule has 0 fully saturated rings. The minimum Gasteiger partial charge on any atom is -0.205 e. The van der Waals surface area contributed by atoms with Gasteiger partial charge in [-0.1, -0.05) is 63.2 Å². The van der Waals surface area contributed by atoms with E-state index in [2.05, 4.69) is 92.5 Å². The quantitative estimate of drug-likeness (QED) is 0.495. The molecule has 0 N–H and O–H groups in total. The van der Waals surface area contributed by atoms with Gasteiger partial charge in [-0.2, -0.15) is 0 Å². The lowest BCUT2D eigenvalue weighted by Gasteiger charge is -2.19. The first-order chi connectivity index (χ1) is 12.5. The van der Waals surface area contributed by atoms with E-state index >= 15 is 0 Å². The SMILES string of the molecule is CC(C)(C)c1ccc(C2=CC(c3nccc4ccccc34)=[C+]C=C2)cc1. The summed E-state index contributed by atoms with van der Waals surface area (Å²) in [5.41, 5.74) is 5.93. The van der Waals surface area contributed by atoms with Crippen LogP contribution >= 0.6 is 0 Å². The molecule has 0 bridgehead atoms. The van der Waals surface area contributed by atoms with Crippen molar-refractivity contribution in [1.82, 2.24) is 4.98 Å². The van der Waals surface area contributed by atoms with Crippen LogP contribution in [0.5, 0.6) is 0 Å². The highest BCUT2D eigenvalue weighted by atomic mass is 14.7. The van der Waals surface area contributed by atoms with Gasteiger partial charge in [0.25, 0.3) is 0 Å². The lowest BCUT2D eigenvalue weighted by Crippen LogP contribution is -2.10. The number of nitrogens with zero attached hydrogens (tertiary/aromatic N) is 1. The Morgan fingerprint density at radius 1 is 0.885 bits per heavy atom. The molecule has 0 unspecified atom stereocenters. The van der Waals surface area contributed by atoms with Gasteiger partial charge in [0.1, 0.15) is 0 Å². The van der Waals surface area contributed by atoms with Crippen LogP contribution < -0.4 is 0 Å². The Hall–Kier alpha value is -3.02. The van der Waals surface area contributed by atoms with Gasteiger partial charge in [0.05, 0.1) is 23.1 Å². The zero-order chi connectivity index (χ0) is 18.1. The fraction of sp³-hybridized carbons (Fsp3) is 0.160. The van der Waals surface area contributed by atoms with E-state index in [1.54, 1.807) is 0 Å². The zero-order valence-corrected chi connectivity index (χ0v) is 15.5. The van der Waals surface area contributed by atoms with Crippen LogP contribution in [0.2, 0.25) is 0 Å². The number of pyridine rings is 1. The second-order valence-electron chi connectivity index (χ2n) is 7.70. The van der Waals surface area contributed by atoms with Crippen LogP contribution in [0, 0.1) is 6.08 Å². The molecule has 1 aromatic heterocycles. The Morgan fingerprint density at radius 2 is 1.65 bits per heavy atom. The summed E-state index contributed by atoms with van der Waals surface area (Å²) in [5.74, 6) is 0. The molecule has 126 valence electrons. The molecule has 0 saturated heterocycles. The molecule has 0 atom stereocenters. The lowest BCUT2D eigenvalue weighted by molar-refractivity contribution is 0.590. The van der Waals surface area contributed by atoms with Gasteiger partial charge >= 0.3 is 0 Å². The summed E-state index contributed by atoms with van der Waals surface area (Å²) in [5, 5.41) is 2.36. The first kappa shape index (κ1) is 16.4. The van der Waals surface area contributed by atoms with E-state index in [1.165, 1.54) is 22.1 Å². The van der Waals surface area contributed by atoms with E-state index in [0.717, 1.165) is 16.7 Å². The average molecular weight is 336 g/mol. The predicted octanol–water partition coefficient (Wildman–Crippen LogP) is 6.37. The molecule has 3 aromatic rings. The Labute approximate surface area is 155 Å². The van der Waals surface area contributed by atoms with Gasteiger partial charge in [-0.25, -0.2) is 4.98 Å². The summed E-state index contributed by atoms with van der Waals surface area (Å²) in [7, 11) is 0. The first-order valence-electron chi connectivity index (χ1n) is 8.99. The van der Waals surface area contributed by atoms with Crippen LogP contribution in [-0.4, -0.2) is 4.98 Å². The highest BCUT2D eigenvalue weighted by Crippen LogP contribution is 2.31. The number of rotatable bonds is 2. The second-order valence-corrected chi connectivity index (χ2v) is 7.70. The molecular weight excluding hydrogens is 314 g/mol. The molecule has 0 amide bonds. The monoisotopic (exact) mass is 336 g/mol. The molecule has 26 heavy (non-hydrogen) atoms. The van der Waals surface area contributed by atoms with Crippen molar-refractivity contribution in [3.8, 4) is 0 Å². The molecule has 0 saturated carbocycles. The Balaban J connectivity index is 1.73. The van der Waals surface area contributed by atoms with Crippen LogP contribution in [0.15, 0.2) is 79.0 Å². The molecule has 0 radical (unpaired) electrons. The lowest BCUT2D eigenvalue weighted by atomic mass is 9.86. The van der Waals surface area contributed by atoms with Crippen molar-refractivity contribution < 1.29 is 0 Å². The number of hydrogen-bond donors (Lipinski definition) is 0. The normalized spacial score (nSPS) is 14.0. The van der Waals surface area contributed by atoms with Crippen LogP contribution in [0.3, 0.4) is 0 Å². The molecule has 1 heteroatoms. The van der Waals surface area contributed by atoms with Crippen molar-refractivity contribution in [2.24, 2.45) is 0 Å². The summed E-state index contributed by atoms with van der Waals surface area (Å²) < 4.78 is 0. The van der Waals surface area contributed by atoms with Crippen molar-refractivity contribution >= 4 is 21.9 Å². The second kappa shape index (κ2) is 6.37. The molecule has 1 heterocycles. The Bertz CT molecular complexity index is 1040. The number of allylic oxidation sites excluding steroid dienone is 6. The van der Waals surface area contributed by atoms with Gasteiger partial charge in [-0.15, -0.1) is 0 Å². The fourth-order valence-corrected chi connectivity index (χ4v) is 3.28. The summed E-state index contributed by atoms with van der Waals surface area (Å²) in [6.07, 6.45) is 11.5. The fourth-order valence-electron chi connectivity index (χ4n) is 3.28. The molecule has 0 spiro atoms. The maximum absolute atomic E-state index is 4.63. The van der Waals surface area contributed by atoms with Crippen molar-refractivity contribution in [2.75, 3.05) is 0 Å². The summed E-state index contributed by atoms with van der Waals surface area (Å²) in [6.45, 7) is 6.72. The van der Waals surface area contributed by atoms with Gasteiger partial charge in [-0.05, 0) is 28.5 Å². The Morgan fingerprint density at radius 3 is 2.42 bits per heavy atom. The van der Waals surface area contributed by atoms with E-state index in [9.17, 15) is 0 Å². The molecule has 1 aliphatic carbocycles. The number of aromatic nitrogens is 1. The van der Waals surface area contributed by atoms with Crippen LogP contribution in [0.4, 0.5) is 0 Å². The average Bonchev–Trinajstić information content (AvgIpc) is 2.67. The number of fused-ring (bicyclic) bond motifs is 1. The highest BCUT2D eigenvalue weighted by molar-refractivity contribution is 5.98. The zero-order valence-electron chi connectivity index (χ0n) is 15.5. The standard InChI is InChI=1S/C25H22N/c1-25(2,3)22-13-11-18(12-14-22)20-8-6-9-21(17-20)24-23-10-5-4-7-19(23)15-16-26-24/h4-8,10-17H,1-3H3/q+1. The van der Waals surface area contributed by atoms with E-state index in [-0.39, 0.29) is 5.41 Å². The van der Waals surface area contributed by atoms with E-state index in [0.29, 0.717) is 0 Å². The van der Waals surface area contributed by atoms with Gasteiger partial charge in [0, 0.05) is 23.9 Å². The molecule has 4 rings (SSSR count). The minimum atomic E-state index is 0.168. The predicted molar refractivity (Wildman–Crippen MR) is 111 cm³/mol. The van der Waals surface area contributed by atoms with Crippen LogP contribution in [0.1, 0.15) is 37.6 Å². The molecule has 2 aromatic carbocycles. The number of hydrogen-bond acceptors (Lipinski definition) is 1. The van der Waals surface area contributed by atoms with Gasteiger partial charge in [0.2, 0.25) is 0 Å². The third kappa shape index (κ3) is 3.10. The summed E-state index contributed by atoms with van der Waals surface area (Å²) in [4.78, 5) is 4.63. The van der Waals surface area contributed by atoms with E-state index < -0.39 is 0 Å². The maximum Gasteiger partial charge on any atom is 0.175 e. The van der Waals surface area contributed by atoms with Crippen molar-refractivity contribution in [1.29, 1.82) is 0 Å². The third-order valence-electron chi connectivity index (χ3n) is 4.81. The van der Waals surface area contributed by atoms with Crippen molar-refractivity contribution in [3.63, 3.8) is 0 Å². The maximum atomic E-state index is 4.63.